The maximum Gasteiger partial charge on any atom is 0.407 e. The lowest BCUT2D eigenvalue weighted by molar-refractivity contribution is -0.138. The number of unbranched alkanes of at least 4 members (excludes halogenated alkanes) is 3. The highest BCUT2D eigenvalue weighted by Gasteiger charge is 2.38. The second kappa shape index (κ2) is 11.5. The highest BCUT2D eigenvalue weighted by Crippen LogP contribution is 2.32. The van der Waals surface area contributed by atoms with E-state index < -0.39 is 0 Å². The van der Waals surface area contributed by atoms with Gasteiger partial charge in [-0.3, -0.25) is 0 Å². The van der Waals surface area contributed by atoms with Gasteiger partial charge in [0.2, 0.25) is 0 Å². The third-order valence-corrected chi connectivity index (χ3v) is 5.79. The molecule has 0 saturated carbocycles. The Hall–Kier alpha value is -1.54. The fourth-order valence-electron chi connectivity index (χ4n) is 3.08. The summed E-state index contributed by atoms with van der Waals surface area (Å²) in [6, 6.07) is 0. The van der Waals surface area contributed by atoms with Gasteiger partial charge < -0.3 is 29.6 Å². The van der Waals surface area contributed by atoms with Crippen LogP contribution in [0.2, 0.25) is 0 Å². The van der Waals surface area contributed by atoms with Crippen LogP contribution in [0.25, 0.3) is 0 Å². The van der Waals surface area contributed by atoms with Crippen molar-refractivity contribution < 1.29 is 28.5 Å². The molecular weight excluding hydrogens is 364 g/mol. The molecule has 0 aromatic rings. The molecule has 0 aromatic carbocycles. The van der Waals surface area contributed by atoms with Gasteiger partial charge in [0.1, 0.15) is 13.2 Å². The Kier molecular flexibility index (Phi) is 9.31. The average Bonchev–Trinajstić information content (AvgIpc) is 2.63. The molecule has 2 aliphatic heterocycles. The van der Waals surface area contributed by atoms with Crippen LogP contribution in [0.1, 0.15) is 52.4 Å². The summed E-state index contributed by atoms with van der Waals surface area (Å²) in [5.41, 5.74) is 0.0442. The third-order valence-electron chi connectivity index (χ3n) is 5.79. The van der Waals surface area contributed by atoms with Gasteiger partial charge in [-0.05, 0) is 25.7 Å². The van der Waals surface area contributed by atoms with Crippen molar-refractivity contribution in [3.63, 3.8) is 0 Å². The molecule has 0 aliphatic carbocycles. The van der Waals surface area contributed by atoms with E-state index in [4.69, 9.17) is 18.9 Å². The van der Waals surface area contributed by atoms with E-state index in [1.807, 2.05) is 0 Å². The van der Waals surface area contributed by atoms with E-state index in [0.29, 0.717) is 52.7 Å². The average molecular weight is 401 g/mol. The molecule has 0 radical (unpaired) electrons. The number of hydrogen-bond acceptors (Lipinski definition) is 6. The van der Waals surface area contributed by atoms with Crippen molar-refractivity contribution in [2.75, 3.05) is 52.7 Å². The molecule has 2 saturated heterocycles. The number of alkyl carbamates (subject to hydrolysis) is 2. The van der Waals surface area contributed by atoms with Gasteiger partial charge in [-0.15, -0.1) is 0 Å². The highest BCUT2D eigenvalue weighted by molar-refractivity contribution is 5.67. The Balaban J connectivity index is 1.37. The van der Waals surface area contributed by atoms with Gasteiger partial charge in [0, 0.05) is 13.1 Å². The number of amides is 2. The van der Waals surface area contributed by atoms with Gasteiger partial charge in [0.15, 0.2) is 0 Å². The largest absolute Gasteiger partial charge is 0.449 e. The smallest absolute Gasteiger partial charge is 0.407 e. The molecule has 2 aliphatic rings. The van der Waals surface area contributed by atoms with Crippen LogP contribution < -0.4 is 10.6 Å². The lowest BCUT2D eigenvalue weighted by Crippen LogP contribution is -2.47. The van der Waals surface area contributed by atoms with E-state index in [1.165, 1.54) is 0 Å². The molecule has 0 bridgehead atoms. The lowest BCUT2D eigenvalue weighted by Gasteiger charge is -2.39. The van der Waals surface area contributed by atoms with Crippen LogP contribution in [0.5, 0.6) is 0 Å². The summed E-state index contributed by atoms with van der Waals surface area (Å²) in [6.45, 7) is 8.91. The quantitative estimate of drug-likeness (QED) is 0.462. The molecule has 2 N–H and O–H groups in total. The monoisotopic (exact) mass is 400 g/mol. The van der Waals surface area contributed by atoms with Gasteiger partial charge in [-0.25, -0.2) is 9.59 Å². The minimum atomic E-state index is -0.356. The molecule has 0 unspecified atom stereocenters. The molecule has 0 atom stereocenters. The topological polar surface area (TPSA) is 95.1 Å². The van der Waals surface area contributed by atoms with Crippen molar-refractivity contribution in [1.29, 1.82) is 0 Å². The van der Waals surface area contributed by atoms with E-state index in [0.717, 1.165) is 38.5 Å². The number of nitrogens with one attached hydrogen (secondary N) is 2. The summed E-state index contributed by atoms with van der Waals surface area (Å²) in [6.07, 6.45) is 4.95. The Morgan fingerprint density at radius 3 is 1.43 bits per heavy atom. The minimum Gasteiger partial charge on any atom is -0.449 e. The van der Waals surface area contributed by atoms with Crippen LogP contribution in [0, 0.1) is 10.8 Å². The zero-order valence-corrected chi connectivity index (χ0v) is 17.3. The molecule has 2 rings (SSSR count). The zero-order valence-electron chi connectivity index (χ0n) is 17.3. The summed E-state index contributed by atoms with van der Waals surface area (Å²) < 4.78 is 21.0. The number of carbonyl (C=O) groups is 2. The number of hydrogen-bond donors (Lipinski definition) is 2. The highest BCUT2D eigenvalue weighted by atomic mass is 16.6. The van der Waals surface area contributed by atoms with Gasteiger partial charge in [-0.2, -0.15) is 0 Å². The van der Waals surface area contributed by atoms with Crippen LogP contribution in [0.3, 0.4) is 0 Å². The summed E-state index contributed by atoms with van der Waals surface area (Å²) in [7, 11) is 0. The van der Waals surface area contributed by atoms with E-state index in [9.17, 15) is 9.59 Å². The Morgan fingerprint density at radius 1 is 0.750 bits per heavy atom. The first-order valence-electron chi connectivity index (χ1n) is 10.5. The maximum atomic E-state index is 11.7. The molecule has 8 heteroatoms. The van der Waals surface area contributed by atoms with Crippen LogP contribution in [0.15, 0.2) is 0 Å². The minimum absolute atomic E-state index is 0.0221. The van der Waals surface area contributed by atoms with Crippen molar-refractivity contribution in [1.82, 2.24) is 10.6 Å². The van der Waals surface area contributed by atoms with E-state index in [2.05, 4.69) is 24.5 Å². The van der Waals surface area contributed by atoms with Crippen LogP contribution in [-0.4, -0.2) is 64.9 Å². The Labute approximate surface area is 168 Å². The standard InChI is InChI=1S/C20H36N2O6/c1-3-19(11-25-12-19)15-27-17(23)21-9-7-5-6-8-10-22-18(24)28-16-20(4-2)13-26-14-20/h3-16H2,1-2H3,(H,21,23)(H,22,24). The summed E-state index contributed by atoms with van der Waals surface area (Å²) in [5.74, 6) is 0. The molecule has 8 nitrogen and oxygen atoms in total. The number of carbonyl (C=O) groups excluding carboxylic acids is 2. The maximum absolute atomic E-state index is 11.7. The zero-order chi connectivity index (χ0) is 20.3. The van der Waals surface area contributed by atoms with E-state index in [1.54, 1.807) is 0 Å². The van der Waals surface area contributed by atoms with Crippen molar-refractivity contribution in [2.45, 2.75) is 52.4 Å². The van der Waals surface area contributed by atoms with Crippen molar-refractivity contribution in [3.8, 4) is 0 Å². The Morgan fingerprint density at radius 2 is 1.14 bits per heavy atom. The lowest BCUT2D eigenvalue weighted by atomic mass is 9.84. The second-order valence-corrected chi connectivity index (χ2v) is 8.11. The van der Waals surface area contributed by atoms with Crippen molar-refractivity contribution in [2.24, 2.45) is 10.8 Å². The van der Waals surface area contributed by atoms with Crippen molar-refractivity contribution >= 4 is 12.2 Å². The molecule has 0 spiro atoms. The fraction of sp³-hybridized carbons (Fsp3) is 0.900. The predicted molar refractivity (Wildman–Crippen MR) is 104 cm³/mol. The van der Waals surface area contributed by atoms with Gasteiger partial charge in [0.25, 0.3) is 0 Å². The SMILES string of the molecule is CCC1(COC(=O)NCCCCCCNC(=O)OCC2(CC)COC2)COC1. The van der Waals surface area contributed by atoms with E-state index in [-0.39, 0.29) is 23.0 Å². The summed E-state index contributed by atoms with van der Waals surface area (Å²) in [4.78, 5) is 23.4. The second-order valence-electron chi connectivity index (χ2n) is 8.11. The van der Waals surface area contributed by atoms with Crippen LogP contribution in [-0.2, 0) is 18.9 Å². The number of ether oxygens (including phenoxy) is 4. The summed E-state index contributed by atoms with van der Waals surface area (Å²) >= 11 is 0. The first-order chi connectivity index (χ1) is 13.5. The fourth-order valence-corrected chi connectivity index (χ4v) is 3.08. The van der Waals surface area contributed by atoms with Gasteiger partial charge >= 0.3 is 12.2 Å². The number of rotatable bonds is 13. The van der Waals surface area contributed by atoms with Crippen LogP contribution >= 0.6 is 0 Å². The predicted octanol–water partition coefficient (Wildman–Crippen LogP) is 2.85. The molecular formula is C20H36N2O6. The summed E-state index contributed by atoms with van der Waals surface area (Å²) in [5, 5.41) is 5.56. The van der Waals surface area contributed by atoms with E-state index >= 15 is 0 Å². The van der Waals surface area contributed by atoms with Gasteiger partial charge in [-0.1, -0.05) is 26.7 Å². The molecule has 162 valence electrons. The van der Waals surface area contributed by atoms with Gasteiger partial charge in [0.05, 0.1) is 37.3 Å². The normalized spacial score (nSPS) is 19.1. The van der Waals surface area contributed by atoms with Crippen molar-refractivity contribution in [3.05, 3.63) is 0 Å². The molecule has 0 aromatic heterocycles. The molecule has 2 amide bonds. The molecule has 2 fully saturated rings. The molecule has 28 heavy (non-hydrogen) atoms. The van der Waals surface area contributed by atoms with Crippen LogP contribution in [0.4, 0.5) is 9.59 Å². The molecule has 2 heterocycles. The first-order valence-corrected chi connectivity index (χ1v) is 10.5. The Bertz CT molecular complexity index is 436. The first kappa shape index (κ1) is 22.7. The third kappa shape index (κ3) is 7.13.